The second-order valence-corrected chi connectivity index (χ2v) is 10.8. The lowest BCUT2D eigenvalue weighted by molar-refractivity contribution is -0.117. The summed E-state index contributed by atoms with van der Waals surface area (Å²) in [6.07, 6.45) is 16.1. The Hall–Kier alpha value is -4.51. The molecule has 0 spiro atoms. The van der Waals surface area contributed by atoms with E-state index in [4.69, 9.17) is 16.6 Å². The fourth-order valence-electron chi connectivity index (χ4n) is 4.78. The number of rotatable bonds is 13. The Labute approximate surface area is 277 Å². The molecule has 0 unspecified atom stereocenters. The van der Waals surface area contributed by atoms with E-state index in [1.54, 1.807) is 0 Å². The smallest absolute Gasteiger partial charge is 0.248 e. The molecule has 0 aliphatic rings. The van der Waals surface area contributed by atoms with Gasteiger partial charge in [0, 0.05) is 41.9 Å². The van der Waals surface area contributed by atoms with Crippen LogP contribution in [0.15, 0.2) is 96.7 Å². The SMILES string of the molecule is C#C.C/C=C(\C/C(C)=C\CCl)c1cn(-c2ccc(NCC(=O)NS)cc2)c(Cc2ccc(-c3ccc(C(=O)CC)cc3)cc2)n1. The van der Waals surface area contributed by atoms with Crippen LogP contribution in [-0.4, -0.2) is 33.7 Å². The lowest BCUT2D eigenvalue weighted by Gasteiger charge is -2.11. The number of benzene rings is 3. The first-order valence-electron chi connectivity index (χ1n) is 14.6. The van der Waals surface area contributed by atoms with Gasteiger partial charge in [0.05, 0.1) is 12.2 Å². The minimum atomic E-state index is -0.207. The molecule has 8 heteroatoms. The van der Waals surface area contributed by atoms with Crippen molar-refractivity contribution >= 4 is 47.4 Å². The van der Waals surface area contributed by atoms with Crippen molar-refractivity contribution in [3.05, 3.63) is 119 Å². The van der Waals surface area contributed by atoms with Gasteiger partial charge in [0.15, 0.2) is 5.78 Å². The summed E-state index contributed by atoms with van der Waals surface area (Å²) in [5, 5.41) is 3.10. The minimum Gasteiger partial charge on any atom is -0.376 e. The number of alkyl halides is 1. The quantitative estimate of drug-likeness (QED) is 0.0452. The van der Waals surface area contributed by atoms with Crippen molar-refractivity contribution in [2.24, 2.45) is 0 Å². The second-order valence-electron chi connectivity index (χ2n) is 10.3. The standard InChI is InChI=1S/C35H37ClN4O2S.C2H2/c1-4-26(20-24(3)18-19-36)32-23-40(31-16-14-30(15-17-31)37-22-35(42)39-43)34(38-32)21-25-6-8-27(9-7-25)28-10-12-29(13-11-28)33(41)5-2;1-2/h4,6-18,23,37,43H,5,19-22H2,1-3H3,(H,39,42);1-2H/b24-18-,26-4+;. The molecule has 45 heavy (non-hydrogen) atoms. The summed E-state index contributed by atoms with van der Waals surface area (Å²) in [5.41, 5.74) is 9.10. The highest BCUT2D eigenvalue weighted by atomic mass is 35.5. The average molecular weight is 639 g/mol. The molecule has 1 heterocycles. The number of allylic oxidation sites excluding steroid dienone is 4. The lowest BCUT2D eigenvalue weighted by atomic mass is 10.00. The molecule has 2 N–H and O–H groups in total. The van der Waals surface area contributed by atoms with Crippen LogP contribution in [0.1, 0.15) is 61.1 Å². The molecule has 0 atom stereocenters. The Bertz CT molecular complexity index is 1650. The van der Waals surface area contributed by atoms with E-state index in [9.17, 15) is 9.59 Å². The third-order valence-electron chi connectivity index (χ3n) is 7.25. The molecule has 1 amide bonds. The van der Waals surface area contributed by atoms with Gasteiger partial charge in [0.25, 0.3) is 0 Å². The van der Waals surface area contributed by atoms with Crippen LogP contribution in [0.4, 0.5) is 5.69 Å². The highest BCUT2D eigenvalue weighted by molar-refractivity contribution is 7.78. The zero-order valence-electron chi connectivity index (χ0n) is 25.9. The minimum absolute atomic E-state index is 0.139. The van der Waals surface area contributed by atoms with Gasteiger partial charge in [-0.05, 0) is 66.8 Å². The van der Waals surface area contributed by atoms with Crippen molar-refractivity contribution in [3.63, 3.8) is 0 Å². The first-order chi connectivity index (χ1) is 21.8. The first-order valence-corrected chi connectivity index (χ1v) is 15.6. The normalized spacial score (nSPS) is 11.4. The summed E-state index contributed by atoms with van der Waals surface area (Å²) < 4.78 is 4.44. The van der Waals surface area contributed by atoms with Gasteiger partial charge >= 0.3 is 0 Å². The van der Waals surface area contributed by atoms with E-state index < -0.39 is 0 Å². The number of nitrogens with one attached hydrogen (secondary N) is 2. The van der Waals surface area contributed by atoms with Gasteiger partial charge in [0.1, 0.15) is 5.82 Å². The highest BCUT2D eigenvalue weighted by Crippen LogP contribution is 2.27. The van der Waals surface area contributed by atoms with Gasteiger partial charge in [-0.15, -0.1) is 24.4 Å². The number of thiol groups is 1. The summed E-state index contributed by atoms with van der Waals surface area (Å²) in [7, 11) is 0. The maximum Gasteiger partial charge on any atom is 0.248 e. The molecular weight excluding hydrogens is 600 g/mol. The Morgan fingerprint density at radius 1 is 0.978 bits per heavy atom. The van der Waals surface area contributed by atoms with Crippen molar-refractivity contribution in [2.45, 2.75) is 40.0 Å². The number of anilines is 1. The molecule has 1 aromatic heterocycles. The van der Waals surface area contributed by atoms with Gasteiger partial charge < -0.3 is 14.6 Å². The maximum atomic E-state index is 12.0. The number of imidazole rings is 1. The number of aromatic nitrogens is 2. The molecule has 4 rings (SSSR count). The number of ketones is 1. The molecule has 0 saturated heterocycles. The molecule has 0 radical (unpaired) electrons. The van der Waals surface area contributed by atoms with Crippen LogP contribution >= 0.6 is 24.4 Å². The molecule has 4 aromatic rings. The van der Waals surface area contributed by atoms with E-state index in [0.29, 0.717) is 18.7 Å². The van der Waals surface area contributed by atoms with E-state index in [-0.39, 0.29) is 18.2 Å². The van der Waals surface area contributed by atoms with Crippen LogP contribution < -0.4 is 10.0 Å². The summed E-state index contributed by atoms with van der Waals surface area (Å²) in [4.78, 5) is 28.7. The molecule has 0 saturated carbocycles. The fraction of sp³-hybridized carbons (Fsp3) is 0.216. The maximum absolute atomic E-state index is 12.0. The summed E-state index contributed by atoms with van der Waals surface area (Å²) in [5.74, 6) is 1.34. The Balaban J connectivity index is 0.00000271. The molecule has 232 valence electrons. The zero-order chi connectivity index (χ0) is 32.8. The van der Waals surface area contributed by atoms with Crippen LogP contribution in [0, 0.1) is 12.8 Å². The van der Waals surface area contributed by atoms with Gasteiger partial charge in [-0.2, -0.15) is 0 Å². The van der Waals surface area contributed by atoms with Gasteiger partial charge in [-0.25, -0.2) is 4.98 Å². The third-order valence-corrected chi connectivity index (χ3v) is 7.66. The Kier molecular flexibility index (Phi) is 13.8. The Morgan fingerprint density at radius 2 is 1.60 bits per heavy atom. The van der Waals surface area contributed by atoms with Crippen molar-refractivity contribution in [1.82, 2.24) is 14.3 Å². The number of Topliss-reactive ketones (excluding diaryl/α,β-unsaturated/α-hetero) is 1. The number of halogens is 1. The van der Waals surface area contributed by atoms with Crippen LogP contribution in [0.25, 0.3) is 22.4 Å². The molecule has 0 bridgehead atoms. The monoisotopic (exact) mass is 638 g/mol. The van der Waals surface area contributed by atoms with E-state index >= 15 is 0 Å². The number of terminal acetylenes is 1. The van der Waals surface area contributed by atoms with E-state index in [1.165, 1.54) is 5.57 Å². The van der Waals surface area contributed by atoms with Crippen molar-refractivity contribution < 1.29 is 9.59 Å². The van der Waals surface area contributed by atoms with Crippen molar-refractivity contribution in [2.75, 3.05) is 17.7 Å². The van der Waals surface area contributed by atoms with Gasteiger partial charge in [-0.3, -0.25) is 9.59 Å². The average Bonchev–Trinajstić information content (AvgIpc) is 3.50. The number of hydrogen-bond acceptors (Lipinski definition) is 5. The van der Waals surface area contributed by atoms with E-state index in [1.807, 2.05) is 68.5 Å². The first kappa shape index (κ1) is 35.0. The molecule has 0 fully saturated rings. The zero-order valence-corrected chi connectivity index (χ0v) is 27.5. The van der Waals surface area contributed by atoms with Gasteiger partial charge in [-0.1, -0.05) is 86.0 Å². The number of carbonyl (C=O) groups excluding carboxylic acids is 2. The molecule has 3 aromatic carbocycles. The second kappa shape index (κ2) is 17.7. The summed E-state index contributed by atoms with van der Waals surface area (Å²) in [6.45, 7) is 6.13. The third kappa shape index (κ3) is 9.74. The fourth-order valence-corrected chi connectivity index (χ4v) is 5.12. The number of nitrogens with zero attached hydrogens (tertiary/aromatic N) is 2. The van der Waals surface area contributed by atoms with Crippen LogP contribution in [-0.2, 0) is 11.2 Å². The van der Waals surface area contributed by atoms with E-state index in [2.05, 4.69) is 83.7 Å². The predicted octanol–water partition coefficient (Wildman–Crippen LogP) is 8.32. The van der Waals surface area contributed by atoms with Crippen LogP contribution in [0.5, 0.6) is 0 Å². The van der Waals surface area contributed by atoms with Crippen molar-refractivity contribution in [3.8, 4) is 29.7 Å². The largest absolute Gasteiger partial charge is 0.376 e. The number of carbonyl (C=O) groups is 2. The number of hydrogen-bond donors (Lipinski definition) is 3. The summed E-state index contributed by atoms with van der Waals surface area (Å²) >= 11 is 9.74. The van der Waals surface area contributed by atoms with Crippen LogP contribution in [0.3, 0.4) is 0 Å². The van der Waals surface area contributed by atoms with Crippen molar-refractivity contribution in [1.29, 1.82) is 0 Å². The summed E-state index contributed by atoms with van der Waals surface area (Å²) in [6, 6.07) is 24.2. The van der Waals surface area contributed by atoms with E-state index in [0.717, 1.165) is 57.1 Å². The molecular formula is C37H39ClN4O2S. The topological polar surface area (TPSA) is 76.0 Å². The number of amides is 1. The predicted molar refractivity (Wildman–Crippen MR) is 191 cm³/mol. The molecule has 0 aliphatic heterocycles. The van der Waals surface area contributed by atoms with Crippen LogP contribution in [0.2, 0.25) is 0 Å². The Morgan fingerprint density at radius 3 is 2.16 bits per heavy atom. The highest BCUT2D eigenvalue weighted by Gasteiger charge is 2.14. The lowest BCUT2D eigenvalue weighted by Crippen LogP contribution is -2.22. The van der Waals surface area contributed by atoms with Gasteiger partial charge in [0.2, 0.25) is 5.91 Å². The molecule has 0 aliphatic carbocycles. The molecule has 6 nitrogen and oxygen atoms in total.